The van der Waals surface area contributed by atoms with E-state index in [2.05, 4.69) is 38.4 Å². The molecule has 0 spiro atoms. The molecule has 3 aromatic rings. The van der Waals surface area contributed by atoms with Crippen molar-refractivity contribution in [1.29, 1.82) is 0 Å². The number of aryl methyl sites for hydroxylation is 1. The quantitative estimate of drug-likeness (QED) is 0.703. The van der Waals surface area contributed by atoms with Gasteiger partial charge in [0.05, 0.1) is 17.1 Å². The third-order valence-corrected chi connectivity index (χ3v) is 4.99. The molecule has 6 nitrogen and oxygen atoms in total. The zero-order valence-corrected chi connectivity index (χ0v) is 14.2. The van der Waals surface area contributed by atoms with Crippen molar-refractivity contribution in [3.63, 3.8) is 0 Å². The Morgan fingerprint density at radius 2 is 2.14 bits per heavy atom. The third-order valence-electron chi connectivity index (χ3n) is 2.56. The molecule has 110 valence electrons. The summed E-state index contributed by atoms with van der Waals surface area (Å²) in [6.45, 7) is 6.11. The first-order valence-electron chi connectivity index (χ1n) is 6.35. The fourth-order valence-corrected chi connectivity index (χ4v) is 3.72. The highest BCUT2D eigenvalue weighted by molar-refractivity contribution is 8.00. The summed E-state index contributed by atoms with van der Waals surface area (Å²) in [5.41, 5.74) is 0.954. The van der Waals surface area contributed by atoms with Crippen molar-refractivity contribution in [2.75, 3.05) is 0 Å². The van der Waals surface area contributed by atoms with Gasteiger partial charge in [0.25, 0.3) is 5.22 Å². The van der Waals surface area contributed by atoms with Crippen LogP contribution < -0.4 is 0 Å². The van der Waals surface area contributed by atoms with Crippen LogP contribution in [0.3, 0.4) is 0 Å². The van der Waals surface area contributed by atoms with E-state index in [1.807, 2.05) is 12.3 Å². The first-order valence-corrected chi connectivity index (χ1v) is 8.82. The van der Waals surface area contributed by atoms with Gasteiger partial charge in [-0.25, -0.2) is 9.97 Å². The second kappa shape index (κ2) is 6.20. The lowest BCUT2D eigenvalue weighted by Crippen LogP contribution is -1.88. The second-order valence-electron chi connectivity index (χ2n) is 4.67. The van der Waals surface area contributed by atoms with Crippen molar-refractivity contribution >= 4 is 34.6 Å². The molecule has 0 radical (unpaired) electrons. The smallest absolute Gasteiger partial charge is 0.283 e. The zero-order valence-electron chi connectivity index (χ0n) is 11.7. The highest BCUT2D eigenvalue weighted by Crippen LogP contribution is 2.29. The van der Waals surface area contributed by atoms with Gasteiger partial charge in [0.15, 0.2) is 4.34 Å². The van der Waals surface area contributed by atoms with E-state index in [9.17, 15) is 0 Å². The molecule has 3 aromatic heterocycles. The molecule has 0 saturated heterocycles. The van der Waals surface area contributed by atoms with E-state index < -0.39 is 0 Å². The van der Waals surface area contributed by atoms with E-state index in [0.717, 1.165) is 20.9 Å². The zero-order chi connectivity index (χ0) is 14.8. The first kappa shape index (κ1) is 14.6. The minimum Gasteiger partial charge on any atom is -0.415 e. The molecular weight excluding hydrogens is 326 g/mol. The summed E-state index contributed by atoms with van der Waals surface area (Å²) in [6, 6.07) is 0. The fourth-order valence-electron chi connectivity index (χ4n) is 1.57. The van der Waals surface area contributed by atoms with Gasteiger partial charge in [-0.1, -0.05) is 13.8 Å². The number of thiazole rings is 1. The molecule has 0 saturated carbocycles. The largest absolute Gasteiger partial charge is 0.415 e. The SMILES string of the molecule is Cc1nc(Cc2nnc(Sc3nc(C(C)C)ns3)o2)cs1. The standard InChI is InChI=1S/C12H13N5OS3/c1-6(2)10-14-12(21-17-10)20-11-16-15-9(18-11)4-8-5-19-7(3)13-8/h5-6H,4H2,1-3H3. The number of rotatable bonds is 5. The molecular formula is C12H13N5OS3. The van der Waals surface area contributed by atoms with E-state index >= 15 is 0 Å². The lowest BCUT2D eigenvalue weighted by atomic mass is 10.2. The Labute approximate surface area is 134 Å². The van der Waals surface area contributed by atoms with E-state index in [-0.39, 0.29) is 0 Å². The summed E-state index contributed by atoms with van der Waals surface area (Å²) in [5, 5.41) is 11.6. The number of hydrogen-bond donors (Lipinski definition) is 0. The normalized spacial score (nSPS) is 11.4. The summed E-state index contributed by atoms with van der Waals surface area (Å²) in [6.07, 6.45) is 0.561. The van der Waals surface area contributed by atoms with Gasteiger partial charge in [-0.15, -0.1) is 21.5 Å². The van der Waals surface area contributed by atoms with Gasteiger partial charge in [-0.3, -0.25) is 0 Å². The van der Waals surface area contributed by atoms with Crippen molar-refractivity contribution in [3.8, 4) is 0 Å². The molecule has 0 unspecified atom stereocenters. The highest BCUT2D eigenvalue weighted by Gasteiger charge is 2.14. The molecule has 0 fully saturated rings. The molecule has 21 heavy (non-hydrogen) atoms. The van der Waals surface area contributed by atoms with Gasteiger partial charge in [0.2, 0.25) is 5.89 Å². The second-order valence-corrected chi connectivity index (χ2v) is 7.68. The van der Waals surface area contributed by atoms with Crippen LogP contribution in [0.4, 0.5) is 0 Å². The Morgan fingerprint density at radius 1 is 1.29 bits per heavy atom. The van der Waals surface area contributed by atoms with Crippen molar-refractivity contribution in [1.82, 2.24) is 24.5 Å². The maximum atomic E-state index is 5.61. The van der Waals surface area contributed by atoms with Crippen LogP contribution >= 0.6 is 34.6 Å². The Kier molecular flexibility index (Phi) is 4.32. The van der Waals surface area contributed by atoms with Crippen molar-refractivity contribution in [3.05, 3.63) is 27.8 Å². The monoisotopic (exact) mass is 339 g/mol. The summed E-state index contributed by atoms with van der Waals surface area (Å²) in [7, 11) is 0. The summed E-state index contributed by atoms with van der Waals surface area (Å²) in [4.78, 5) is 8.82. The Hall–Kier alpha value is -1.32. The first-order chi connectivity index (χ1) is 10.1. The molecule has 9 heteroatoms. The van der Waals surface area contributed by atoms with Gasteiger partial charge >= 0.3 is 0 Å². The molecule has 0 aliphatic rings. The van der Waals surface area contributed by atoms with Gasteiger partial charge in [0, 0.05) is 23.1 Å². The molecule has 3 rings (SSSR count). The third kappa shape index (κ3) is 3.66. The molecule has 0 amide bonds. The Morgan fingerprint density at radius 3 is 2.81 bits per heavy atom. The molecule has 3 heterocycles. The van der Waals surface area contributed by atoms with Crippen LogP contribution in [0, 0.1) is 6.92 Å². The summed E-state index contributed by atoms with van der Waals surface area (Å²) >= 11 is 4.32. The predicted octanol–water partition coefficient (Wildman–Crippen LogP) is 3.55. The van der Waals surface area contributed by atoms with Crippen molar-refractivity contribution in [2.24, 2.45) is 0 Å². The van der Waals surface area contributed by atoms with Crippen LogP contribution in [-0.4, -0.2) is 24.5 Å². The molecule has 0 aromatic carbocycles. The van der Waals surface area contributed by atoms with Gasteiger partial charge in [-0.2, -0.15) is 4.37 Å². The van der Waals surface area contributed by atoms with Crippen LogP contribution in [0.25, 0.3) is 0 Å². The van der Waals surface area contributed by atoms with Crippen LogP contribution in [0.15, 0.2) is 19.4 Å². The molecule has 0 atom stereocenters. The average Bonchev–Trinajstić information content (AvgIpc) is 3.13. The summed E-state index contributed by atoms with van der Waals surface area (Å²) < 4.78 is 10.7. The van der Waals surface area contributed by atoms with Crippen LogP contribution in [0.5, 0.6) is 0 Å². The molecule has 0 aliphatic heterocycles. The average molecular weight is 339 g/mol. The van der Waals surface area contributed by atoms with Crippen LogP contribution in [0.1, 0.15) is 42.2 Å². The van der Waals surface area contributed by atoms with Crippen LogP contribution in [0.2, 0.25) is 0 Å². The Balaban J connectivity index is 1.66. The maximum absolute atomic E-state index is 5.61. The van der Waals surface area contributed by atoms with Crippen molar-refractivity contribution in [2.45, 2.75) is 42.7 Å². The number of hydrogen-bond acceptors (Lipinski definition) is 9. The minimum atomic E-state index is 0.321. The highest BCUT2D eigenvalue weighted by atomic mass is 32.2. The van der Waals surface area contributed by atoms with E-state index in [0.29, 0.717) is 23.5 Å². The van der Waals surface area contributed by atoms with E-state index in [1.165, 1.54) is 23.3 Å². The lowest BCUT2D eigenvalue weighted by molar-refractivity contribution is 0.419. The molecule has 0 aliphatic carbocycles. The van der Waals surface area contributed by atoms with Gasteiger partial charge in [0.1, 0.15) is 5.82 Å². The van der Waals surface area contributed by atoms with Crippen LogP contribution in [-0.2, 0) is 6.42 Å². The summed E-state index contributed by atoms with van der Waals surface area (Å²) in [5.74, 6) is 1.73. The number of nitrogens with zero attached hydrogens (tertiary/aromatic N) is 5. The van der Waals surface area contributed by atoms with Gasteiger partial charge in [-0.05, 0) is 18.5 Å². The van der Waals surface area contributed by atoms with E-state index in [1.54, 1.807) is 11.3 Å². The minimum absolute atomic E-state index is 0.321. The van der Waals surface area contributed by atoms with E-state index in [4.69, 9.17) is 4.42 Å². The molecule has 0 N–H and O–H groups in total. The predicted molar refractivity (Wildman–Crippen MR) is 82.1 cm³/mol. The Bertz CT molecular complexity index is 733. The molecule has 0 bridgehead atoms. The van der Waals surface area contributed by atoms with Crippen molar-refractivity contribution < 1.29 is 4.42 Å². The fraction of sp³-hybridized carbons (Fsp3) is 0.417. The van der Waals surface area contributed by atoms with Gasteiger partial charge < -0.3 is 4.42 Å². The topological polar surface area (TPSA) is 77.6 Å². The maximum Gasteiger partial charge on any atom is 0.283 e. The number of aromatic nitrogens is 5. The lowest BCUT2D eigenvalue weighted by Gasteiger charge is -1.93.